The maximum Gasteiger partial charge on any atom is 0.0613 e. The van der Waals surface area contributed by atoms with Crippen LogP contribution in [-0.2, 0) is 0 Å². The molecule has 1 aliphatic rings. The van der Waals surface area contributed by atoms with Crippen LogP contribution in [0.25, 0.3) is 0 Å². The fourth-order valence-corrected chi connectivity index (χ4v) is 4.10. The van der Waals surface area contributed by atoms with Crippen LogP contribution in [0.5, 0.6) is 0 Å². The summed E-state index contributed by atoms with van der Waals surface area (Å²) in [5, 5.41) is 13.8. The van der Waals surface area contributed by atoms with Crippen LogP contribution >= 0.6 is 11.8 Å². The average molecular weight is 266 g/mol. The number of pyridine rings is 1. The molecule has 0 radical (unpaired) electrons. The number of nitrogens with one attached hydrogen (secondary N) is 1. The Morgan fingerprint density at radius 3 is 2.94 bits per heavy atom. The average Bonchev–Trinajstić information content (AvgIpc) is 2.41. The zero-order chi connectivity index (χ0) is 12.8. The van der Waals surface area contributed by atoms with Gasteiger partial charge in [0.25, 0.3) is 0 Å². The summed E-state index contributed by atoms with van der Waals surface area (Å²) in [5.41, 5.74) is -0.0578. The van der Waals surface area contributed by atoms with Gasteiger partial charge in [0.15, 0.2) is 0 Å². The second-order valence-corrected chi connectivity index (χ2v) is 6.36. The first-order valence-corrected chi connectivity index (χ1v) is 7.58. The number of rotatable bonds is 5. The van der Waals surface area contributed by atoms with Gasteiger partial charge in [-0.05, 0) is 37.9 Å². The number of hydrogen-bond donors (Lipinski definition) is 2. The highest BCUT2D eigenvalue weighted by Gasteiger charge is 2.35. The van der Waals surface area contributed by atoms with E-state index in [4.69, 9.17) is 0 Å². The molecule has 1 heterocycles. The number of aliphatic hydroxyl groups is 1. The molecule has 1 aliphatic carbocycles. The van der Waals surface area contributed by atoms with Crippen molar-refractivity contribution in [2.75, 3.05) is 13.2 Å². The fourth-order valence-electron chi connectivity index (χ4n) is 2.75. The van der Waals surface area contributed by atoms with Crippen molar-refractivity contribution in [1.29, 1.82) is 0 Å². The maximum absolute atomic E-state index is 9.67. The van der Waals surface area contributed by atoms with Gasteiger partial charge < -0.3 is 10.4 Å². The maximum atomic E-state index is 9.67. The second kappa shape index (κ2) is 6.55. The Kier molecular flexibility index (Phi) is 5.03. The van der Waals surface area contributed by atoms with Gasteiger partial charge in [-0.2, -0.15) is 0 Å². The van der Waals surface area contributed by atoms with Crippen LogP contribution < -0.4 is 5.32 Å². The number of thioether (sulfide) groups is 1. The number of nitrogens with zero attached hydrogens (tertiary/aromatic N) is 1. The van der Waals surface area contributed by atoms with Crippen molar-refractivity contribution in [2.45, 2.75) is 48.3 Å². The molecule has 4 heteroatoms. The number of likely N-dealkylation sites (N-methyl/N-ethyl adjacent to an activating group) is 1. The molecule has 100 valence electrons. The van der Waals surface area contributed by atoms with E-state index < -0.39 is 0 Å². The summed E-state index contributed by atoms with van der Waals surface area (Å²) < 4.78 is 0. The zero-order valence-electron chi connectivity index (χ0n) is 10.9. The summed E-state index contributed by atoms with van der Waals surface area (Å²) in [4.78, 5) is 5.32. The van der Waals surface area contributed by atoms with Crippen LogP contribution in [-0.4, -0.2) is 34.0 Å². The molecular formula is C14H22N2OS. The van der Waals surface area contributed by atoms with Gasteiger partial charge in [0.05, 0.1) is 6.61 Å². The number of aromatic nitrogens is 1. The van der Waals surface area contributed by atoms with Gasteiger partial charge in [-0.25, -0.2) is 0 Å². The summed E-state index contributed by atoms with van der Waals surface area (Å²) in [7, 11) is 0. The van der Waals surface area contributed by atoms with Gasteiger partial charge in [-0.15, -0.1) is 11.8 Å². The van der Waals surface area contributed by atoms with E-state index in [9.17, 15) is 5.11 Å². The molecule has 2 atom stereocenters. The minimum Gasteiger partial charge on any atom is -0.394 e. The quantitative estimate of drug-likeness (QED) is 0.859. The van der Waals surface area contributed by atoms with Crippen molar-refractivity contribution >= 4 is 11.8 Å². The first-order valence-electron chi connectivity index (χ1n) is 6.70. The van der Waals surface area contributed by atoms with Gasteiger partial charge in [0.2, 0.25) is 0 Å². The predicted octanol–water partition coefficient (Wildman–Crippen LogP) is 2.46. The summed E-state index contributed by atoms with van der Waals surface area (Å²) in [5.74, 6) is 0. The first kappa shape index (κ1) is 13.8. The van der Waals surface area contributed by atoms with E-state index in [1.54, 1.807) is 0 Å². The molecule has 1 aromatic heterocycles. The van der Waals surface area contributed by atoms with E-state index in [1.807, 2.05) is 24.2 Å². The monoisotopic (exact) mass is 266 g/mol. The van der Waals surface area contributed by atoms with Crippen molar-refractivity contribution in [2.24, 2.45) is 0 Å². The molecule has 1 fully saturated rings. The Morgan fingerprint density at radius 2 is 2.28 bits per heavy atom. The lowest BCUT2D eigenvalue weighted by molar-refractivity contribution is 0.125. The fraction of sp³-hybridized carbons (Fsp3) is 0.643. The van der Waals surface area contributed by atoms with E-state index in [0.29, 0.717) is 5.25 Å². The first-order chi connectivity index (χ1) is 8.78. The molecule has 0 aromatic carbocycles. The molecule has 1 saturated carbocycles. The third-order valence-corrected chi connectivity index (χ3v) is 4.89. The van der Waals surface area contributed by atoms with Crippen molar-refractivity contribution in [3.63, 3.8) is 0 Å². The predicted molar refractivity (Wildman–Crippen MR) is 75.8 cm³/mol. The van der Waals surface area contributed by atoms with E-state index in [0.717, 1.165) is 19.4 Å². The Labute approximate surface area is 113 Å². The van der Waals surface area contributed by atoms with Gasteiger partial charge in [-0.3, -0.25) is 4.98 Å². The Hall–Kier alpha value is -0.580. The molecule has 2 N–H and O–H groups in total. The Morgan fingerprint density at radius 1 is 1.50 bits per heavy atom. The van der Waals surface area contributed by atoms with Crippen LogP contribution in [0.2, 0.25) is 0 Å². The lowest BCUT2D eigenvalue weighted by Gasteiger charge is -2.40. The third kappa shape index (κ3) is 3.46. The highest BCUT2D eigenvalue weighted by atomic mass is 32.2. The van der Waals surface area contributed by atoms with Crippen LogP contribution in [0.1, 0.15) is 32.6 Å². The number of aliphatic hydroxyl groups excluding tert-OH is 1. The molecule has 2 rings (SSSR count). The molecule has 2 unspecified atom stereocenters. The van der Waals surface area contributed by atoms with Crippen molar-refractivity contribution < 1.29 is 5.11 Å². The molecule has 3 nitrogen and oxygen atoms in total. The highest BCUT2D eigenvalue weighted by molar-refractivity contribution is 8.00. The van der Waals surface area contributed by atoms with E-state index in [-0.39, 0.29) is 12.1 Å². The SMILES string of the molecule is CCNC1(CO)CCCC(Sc2ccncc2)C1. The van der Waals surface area contributed by atoms with Gasteiger partial charge in [0.1, 0.15) is 0 Å². The molecule has 0 amide bonds. The Balaban J connectivity index is 1.98. The second-order valence-electron chi connectivity index (χ2n) is 4.99. The summed E-state index contributed by atoms with van der Waals surface area (Å²) in [6, 6.07) is 4.13. The Bertz CT molecular complexity index is 356. The topological polar surface area (TPSA) is 45.1 Å². The van der Waals surface area contributed by atoms with Gasteiger partial charge in [0, 0.05) is 28.1 Å². The third-order valence-electron chi connectivity index (χ3n) is 3.61. The van der Waals surface area contributed by atoms with E-state index in [2.05, 4.69) is 29.4 Å². The minimum atomic E-state index is -0.0578. The van der Waals surface area contributed by atoms with E-state index in [1.165, 1.54) is 17.7 Å². The lowest BCUT2D eigenvalue weighted by atomic mass is 9.82. The van der Waals surface area contributed by atoms with Crippen molar-refractivity contribution in [3.8, 4) is 0 Å². The number of hydrogen-bond acceptors (Lipinski definition) is 4. The highest BCUT2D eigenvalue weighted by Crippen LogP contribution is 2.37. The largest absolute Gasteiger partial charge is 0.394 e. The zero-order valence-corrected chi connectivity index (χ0v) is 11.7. The smallest absolute Gasteiger partial charge is 0.0613 e. The van der Waals surface area contributed by atoms with Crippen molar-refractivity contribution in [3.05, 3.63) is 24.5 Å². The molecule has 18 heavy (non-hydrogen) atoms. The normalized spacial score (nSPS) is 28.2. The molecule has 1 aromatic rings. The van der Waals surface area contributed by atoms with Gasteiger partial charge in [-0.1, -0.05) is 13.3 Å². The molecular weight excluding hydrogens is 244 g/mol. The van der Waals surface area contributed by atoms with Crippen LogP contribution in [0.15, 0.2) is 29.4 Å². The molecule has 0 bridgehead atoms. The molecule has 0 spiro atoms. The summed E-state index contributed by atoms with van der Waals surface area (Å²) >= 11 is 1.92. The summed E-state index contributed by atoms with van der Waals surface area (Å²) in [6.07, 6.45) is 8.25. The minimum absolute atomic E-state index is 0.0578. The standard InChI is InChI=1S/C14H22N2OS/c1-2-16-14(11-17)7-3-4-13(10-14)18-12-5-8-15-9-6-12/h5-6,8-9,13,16-17H,2-4,7,10-11H2,1H3. The lowest BCUT2D eigenvalue weighted by Crippen LogP contribution is -2.52. The van der Waals surface area contributed by atoms with Gasteiger partial charge >= 0.3 is 0 Å². The van der Waals surface area contributed by atoms with Crippen LogP contribution in [0.4, 0.5) is 0 Å². The van der Waals surface area contributed by atoms with Crippen LogP contribution in [0, 0.1) is 0 Å². The van der Waals surface area contributed by atoms with Crippen LogP contribution in [0.3, 0.4) is 0 Å². The van der Waals surface area contributed by atoms with E-state index >= 15 is 0 Å². The van der Waals surface area contributed by atoms with Crippen molar-refractivity contribution in [1.82, 2.24) is 10.3 Å². The molecule has 0 saturated heterocycles. The summed E-state index contributed by atoms with van der Waals surface area (Å²) in [6.45, 7) is 3.28. The molecule has 0 aliphatic heterocycles.